The van der Waals surface area contributed by atoms with E-state index in [9.17, 15) is 31.1 Å². The Balaban J connectivity index is 1.40. The van der Waals surface area contributed by atoms with Crippen LogP contribution in [0.25, 0.3) is 16.9 Å². The number of para-hydroxylation sites is 1. The number of halogens is 6. The summed E-state index contributed by atoms with van der Waals surface area (Å²) in [6.07, 6.45) is -1.60. The Morgan fingerprint density at radius 3 is 2.46 bits per heavy atom. The van der Waals surface area contributed by atoms with Gasteiger partial charge in [-0.1, -0.05) is 17.3 Å². The third-order valence-electron chi connectivity index (χ3n) is 7.33. The van der Waals surface area contributed by atoms with Crippen LogP contribution in [0.3, 0.4) is 0 Å². The van der Waals surface area contributed by atoms with Crippen LogP contribution in [-0.2, 0) is 19.6 Å². The smallest absolute Gasteiger partial charge is 0.327 e. The van der Waals surface area contributed by atoms with Gasteiger partial charge >= 0.3 is 6.18 Å². The highest BCUT2D eigenvalue weighted by Gasteiger charge is 2.44. The van der Waals surface area contributed by atoms with Crippen LogP contribution in [0.15, 0.2) is 42.6 Å². The molecule has 39 heavy (non-hydrogen) atoms. The Labute approximate surface area is 217 Å². The third kappa shape index (κ3) is 4.07. The molecule has 2 aromatic carbocycles. The lowest BCUT2D eigenvalue weighted by molar-refractivity contribution is -0.141. The quantitative estimate of drug-likeness (QED) is 0.255. The Morgan fingerprint density at radius 2 is 1.77 bits per heavy atom. The van der Waals surface area contributed by atoms with Crippen molar-refractivity contribution in [2.24, 2.45) is 7.05 Å². The molecule has 0 saturated carbocycles. The van der Waals surface area contributed by atoms with Crippen LogP contribution in [0.1, 0.15) is 52.6 Å². The molecule has 0 N–H and O–H groups in total. The maximum atomic E-state index is 14.1. The summed E-state index contributed by atoms with van der Waals surface area (Å²) in [6, 6.07) is 7.29. The van der Waals surface area contributed by atoms with E-state index in [0.29, 0.717) is 30.7 Å². The molecule has 202 valence electrons. The summed E-state index contributed by atoms with van der Waals surface area (Å²) in [6.45, 7) is 0. The Hall–Kier alpha value is -4.16. The van der Waals surface area contributed by atoms with Gasteiger partial charge in [0.2, 0.25) is 0 Å². The summed E-state index contributed by atoms with van der Waals surface area (Å²) in [4.78, 5) is 15.7. The molecule has 0 spiro atoms. The van der Waals surface area contributed by atoms with E-state index in [-0.39, 0.29) is 22.9 Å². The lowest BCUT2D eigenvalue weighted by Crippen LogP contribution is -2.50. The number of alkyl halides is 3. The second-order valence-corrected chi connectivity index (χ2v) is 9.67. The van der Waals surface area contributed by atoms with Crippen LogP contribution in [0, 0.1) is 17.5 Å². The van der Waals surface area contributed by atoms with Gasteiger partial charge in [0.1, 0.15) is 0 Å². The molecule has 1 amide bonds. The number of hydrogen-bond acceptors (Lipinski definition) is 4. The number of hydrogen-bond donors (Lipinski definition) is 0. The largest absolute Gasteiger partial charge is 0.436 e. The van der Waals surface area contributed by atoms with Gasteiger partial charge in [-0.15, -0.1) is 5.10 Å². The van der Waals surface area contributed by atoms with Gasteiger partial charge in [-0.2, -0.15) is 18.3 Å². The van der Waals surface area contributed by atoms with Gasteiger partial charge in [0.05, 0.1) is 34.9 Å². The number of carbonyl (C=O) groups excluding carboxylic acids is 1. The van der Waals surface area contributed by atoms with Crippen LogP contribution >= 0.6 is 0 Å². The zero-order valence-corrected chi connectivity index (χ0v) is 20.4. The molecule has 1 saturated heterocycles. The predicted molar refractivity (Wildman–Crippen MR) is 125 cm³/mol. The zero-order valence-electron chi connectivity index (χ0n) is 20.4. The van der Waals surface area contributed by atoms with E-state index in [1.165, 1.54) is 16.8 Å². The minimum atomic E-state index is -4.69. The van der Waals surface area contributed by atoms with Gasteiger partial charge in [-0.3, -0.25) is 9.48 Å². The van der Waals surface area contributed by atoms with E-state index < -0.39 is 41.3 Å². The first-order valence-corrected chi connectivity index (χ1v) is 12.2. The Bertz CT molecular complexity index is 1590. The van der Waals surface area contributed by atoms with Crippen molar-refractivity contribution in [3.63, 3.8) is 0 Å². The van der Waals surface area contributed by atoms with E-state index in [1.54, 1.807) is 24.1 Å². The first-order valence-electron chi connectivity index (χ1n) is 12.2. The van der Waals surface area contributed by atoms with E-state index in [2.05, 4.69) is 15.4 Å². The molecule has 2 aliphatic heterocycles. The molecule has 13 heteroatoms. The fourth-order valence-corrected chi connectivity index (χ4v) is 5.71. The number of rotatable bonds is 3. The van der Waals surface area contributed by atoms with Crippen LogP contribution in [0.4, 0.5) is 26.3 Å². The van der Waals surface area contributed by atoms with Crippen LogP contribution in [-0.4, -0.2) is 41.6 Å². The molecule has 0 aliphatic carbocycles. The van der Waals surface area contributed by atoms with Crippen LogP contribution < -0.4 is 0 Å². The summed E-state index contributed by atoms with van der Waals surface area (Å²) in [7, 11) is 1.61. The zero-order chi connectivity index (χ0) is 27.6. The Morgan fingerprint density at radius 1 is 1.05 bits per heavy atom. The maximum Gasteiger partial charge on any atom is 0.436 e. The predicted octanol–water partition coefficient (Wildman–Crippen LogP) is 5.40. The molecule has 2 atom stereocenters. The van der Waals surface area contributed by atoms with Gasteiger partial charge in [0, 0.05) is 24.2 Å². The lowest BCUT2D eigenvalue weighted by Gasteiger charge is -2.45. The Kier molecular flexibility index (Phi) is 5.77. The summed E-state index contributed by atoms with van der Waals surface area (Å²) in [5, 5.41) is 11.4. The molecule has 0 unspecified atom stereocenters. The standard InChI is InChI=1S/C26H20F6N6O/c1-36-24(13-9-17(27)22(29)18(28)10-13)16-11-14-5-4-8-20(23(16)34-36)38(14)25(39)15-6-2-3-7-19(15)37-12-21(33-35-37)26(30,31)32/h2-3,6-7,9-10,12,14,20H,4-5,8,11H2,1H3/t14-,20+/m1/s1. The molecule has 6 rings (SSSR count). The fourth-order valence-electron chi connectivity index (χ4n) is 5.71. The molecule has 4 heterocycles. The monoisotopic (exact) mass is 546 g/mol. The van der Waals surface area contributed by atoms with Crippen molar-refractivity contribution in [3.05, 3.63) is 82.6 Å². The lowest BCUT2D eigenvalue weighted by atomic mass is 9.81. The van der Waals surface area contributed by atoms with E-state index >= 15 is 0 Å². The summed E-state index contributed by atoms with van der Waals surface area (Å²) >= 11 is 0. The minimum Gasteiger partial charge on any atom is -0.327 e. The highest BCUT2D eigenvalue weighted by Crippen LogP contribution is 2.45. The van der Waals surface area contributed by atoms with Gasteiger partial charge in [0.25, 0.3) is 5.91 Å². The molecule has 2 aromatic heterocycles. The van der Waals surface area contributed by atoms with Crippen molar-refractivity contribution in [2.75, 3.05) is 0 Å². The molecule has 2 bridgehead atoms. The van der Waals surface area contributed by atoms with Crippen molar-refractivity contribution >= 4 is 5.91 Å². The van der Waals surface area contributed by atoms with Crippen molar-refractivity contribution < 1.29 is 31.1 Å². The number of fused-ring (bicyclic) bond motifs is 4. The van der Waals surface area contributed by atoms with Crippen molar-refractivity contribution in [2.45, 2.75) is 43.9 Å². The molecule has 4 aromatic rings. The highest BCUT2D eigenvalue weighted by molar-refractivity contribution is 5.98. The number of carbonyl (C=O) groups is 1. The number of benzene rings is 2. The number of amides is 1. The van der Waals surface area contributed by atoms with Crippen molar-refractivity contribution in [1.29, 1.82) is 0 Å². The number of aryl methyl sites for hydroxylation is 1. The number of nitrogens with zero attached hydrogens (tertiary/aromatic N) is 6. The van der Waals surface area contributed by atoms with E-state index in [4.69, 9.17) is 0 Å². The number of piperidine rings is 1. The van der Waals surface area contributed by atoms with Gasteiger partial charge in [-0.25, -0.2) is 17.9 Å². The van der Waals surface area contributed by atoms with Crippen molar-refractivity contribution in [3.8, 4) is 16.9 Å². The second-order valence-electron chi connectivity index (χ2n) is 9.67. The first-order chi connectivity index (χ1) is 18.5. The average Bonchev–Trinajstić information content (AvgIpc) is 3.51. The van der Waals surface area contributed by atoms with Crippen LogP contribution in [0.5, 0.6) is 0 Å². The van der Waals surface area contributed by atoms with Gasteiger partial charge in [0.15, 0.2) is 23.1 Å². The molecule has 2 aliphatic rings. The number of aromatic nitrogens is 5. The maximum absolute atomic E-state index is 14.1. The molecule has 7 nitrogen and oxygen atoms in total. The average molecular weight is 546 g/mol. The van der Waals surface area contributed by atoms with Gasteiger partial charge in [-0.05, 0) is 49.9 Å². The normalized spacial score (nSPS) is 18.8. The fraction of sp³-hybridized carbons (Fsp3) is 0.308. The molecular weight excluding hydrogens is 526 g/mol. The van der Waals surface area contributed by atoms with E-state index in [0.717, 1.165) is 35.0 Å². The summed E-state index contributed by atoms with van der Waals surface area (Å²) in [5.41, 5.74) is 0.982. The van der Waals surface area contributed by atoms with Crippen molar-refractivity contribution in [1.82, 2.24) is 29.7 Å². The SMILES string of the molecule is Cn1nc2c(c1-c1cc(F)c(F)c(F)c1)C[C@H]1CCC[C@@H]2N1C(=O)c1ccccc1-n1cc(C(F)(F)F)nn1. The molecule has 0 radical (unpaired) electrons. The molecule has 1 fully saturated rings. The van der Waals surface area contributed by atoms with E-state index in [1.807, 2.05) is 0 Å². The summed E-state index contributed by atoms with van der Waals surface area (Å²) in [5.74, 6) is -4.59. The van der Waals surface area contributed by atoms with Gasteiger partial charge < -0.3 is 4.90 Å². The third-order valence-corrected chi connectivity index (χ3v) is 7.33. The highest BCUT2D eigenvalue weighted by atomic mass is 19.4. The summed E-state index contributed by atoms with van der Waals surface area (Å²) < 4.78 is 83.5. The first kappa shape index (κ1) is 25.1. The van der Waals surface area contributed by atoms with Crippen LogP contribution in [0.2, 0.25) is 0 Å². The topological polar surface area (TPSA) is 68.8 Å². The second kappa shape index (κ2) is 8.95. The molecular formula is C26H20F6N6O. The minimum absolute atomic E-state index is 0.137.